The average Bonchev–Trinajstić information content (AvgIpc) is 2.68. The number of rotatable bonds is 9. The third-order valence-electron chi connectivity index (χ3n) is 2.86. The minimum Gasteiger partial charge on any atom is -0.380 e. The van der Waals surface area contributed by atoms with Gasteiger partial charge in [-0.3, -0.25) is 4.68 Å². The van der Waals surface area contributed by atoms with Gasteiger partial charge in [0.25, 0.3) is 0 Å². The highest BCUT2D eigenvalue weighted by molar-refractivity contribution is 5.15. The fourth-order valence-electron chi connectivity index (χ4n) is 1.64. The van der Waals surface area contributed by atoms with Crippen LogP contribution in [0.5, 0.6) is 0 Å². The van der Waals surface area contributed by atoms with Crippen LogP contribution in [0.15, 0.2) is 6.20 Å². The zero-order chi connectivity index (χ0) is 12.5. The number of aromatic nitrogens is 2. The Bertz CT molecular complexity index is 310. The zero-order valence-corrected chi connectivity index (χ0v) is 11.3. The third kappa shape index (κ3) is 4.88. The highest BCUT2D eigenvalue weighted by atomic mass is 16.5. The molecule has 0 atom stereocenters. The number of ether oxygens (including phenoxy) is 1. The van der Waals surface area contributed by atoms with Gasteiger partial charge in [0.05, 0.1) is 19.3 Å². The van der Waals surface area contributed by atoms with Crippen molar-refractivity contribution in [2.75, 3.05) is 19.8 Å². The van der Waals surface area contributed by atoms with Crippen molar-refractivity contribution in [2.24, 2.45) is 0 Å². The summed E-state index contributed by atoms with van der Waals surface area (Å²) in [6.07, 6.45) is 4.28. The quantitative estimate of drug-likeness (QED) is 0.671. The van der Waals surface area contributed by atoms with E-state index in [1.807, 2.05) is 10.9 Å². The summed E-state index contributed by atoms with van der Waals surface area (Å²) in [6, 6.07) is 0. The molecule has 1 aromatic rings. The summed E-state index contributed by atoms with van der Waals surface area (Å²) in [5.74, 6) is 0. The Kier molecular flexibility index (Phi) is 6.89. The van der Waals surface area contributed by atoms with E-state index >= 15 is 0 Å². The van der Waals surface area contributed by atoms with Gasteiger partial charge in [0.15, 0.2) is 0 Å². The van der Waals surface area contributed by atoms with Crippen LogP contribution in [0, 0.1) is 6.92 Å². The van der Waals surface area contributed by atoms with E-state index in [0.717, 1.165) is 39.3 Å². The van der Waals surface area contributed by atoms with Crippen molar-refractivity contribution in [3.8, 4) is 0 Å². The molecule has 0 aliphatic rings. The van der Waals surface area contributed by atoms with Gasteiger partial charge in [-0.15, -0.1) is 0 Å². The van der Waals surface area contributed by atoms with Gasteiger partial charge < -0.3 is 10.1 Å². The summed E-state index contributed by atoms with van der Waals surface area (Å²) < 4.78 is 7.57. The molecule has 0 unspecified atom stereocenters. The van der Waals surface area contributed by atoms with Gasteiger partial charge in [0.1, 0.15) is 0 Å². The van der Waals surface area contributed by atoms with Crippen molar-refractivity contribution in [3.63, 3.8) is 0 Å². The minimum absolute atomic E-state index is 0.753. The maximum atomic E-state index is 5.55. The van der Waals surface area contributed by atoms with Crippen molar-refractivity contribution in [1.82, 2.24) is 15.1 Å². The lowest BCUT2D eigenvalue weighted by Gasteiger charge is -2.06. The predicted octanol–water partition coefficient (Wildman–Crippen LogP) is 2.12. The fourth-order valence-corrected chi connectivity index (χ4v) is 1.64. The van der Waals surface area contributed by atoms with Crippen LogP contribution in [0.3, 0.4) is 0 Å². The topological polar surface area (TPSA) is 39.1 Å². The van der Waals surface area contributed by atoms with Crippen LogP contribution in [0.2, 0.25) is 0 Å². The predicted molar refractivity (Wildman–Crippen MR) is 70.1 cm³/mol. The zero-order valence-electron chi connectivity index (χ0n) is 11.3. The molecule has 1 rings (SSSR count). The second kappa shape index (κ2) is 8.25. The molecule has 0 spiro atoms. The van der Waals surface area contributed by atoms with Gasteiger partial charge in [0.2, 0.25) is 0 Å². The molecule has 0 aromatic carbocycles. The number of hydrogen-bond acceptors (Lipinski definition) is 3. The summed E-state index contributed by atoms with van der Waals surface area (Å²) in [4.78, 5) is 0. The first-order valence-corrected chi connectivity index (χ1v) is 6.59. The second-order valence-electron chi connectivity index (χ2n) is 4.22. The minimum atomic E-state index is 0.753. The molecule has 0 amide bonds. The lowest BCUT2D eigenvalue weighted by atomic mass is 10.2. The van der Waals surface area contributed by atoms with Crippen LogP contribution in [0.4, 0.5) is 0 Å². The Hall–Kier alpha value is -0.870. The molecule has 1 aromatic heterocycles. The van der Waals surface area contributed by atoms with Crippen molar-refractivity contribution in [2.45, 2.75) is 46.7 Å². The van der Waals surface area contributed by atoms with Crippen molar-refractivity contribution in [1.29, 1.82) is 0 Å². The molecule has 98 valence electrons. The van der Waals surface area contributed by atoms with Gasteiger partial charge in [-0.2, -0.15) is 5.10 Å². The first kappa shape index (κ1) is 14.2. The highest BCUT2D eigenvalue weighted by Gasteiger charge is 2.05. The van der Waals surface area contributed by atoms with E-state index in [1.54, 1.807) is 0 Å². The molecule has 0 aliphatic carbocycles. The van der Waals surface area contributed by atoms with Gasteiger partial charge in [-0.05, 0) is 19.9 Å². The Morgan fingerprint density at radius 3 is 2.88 bits per heavy atom. The van der Waals surface area contributed by atoms with Crippen molar-refractivity contribution >= 4 is 0 Å². The Labute approximate surface area is 104 Å². The van der Waals surface area contributed by atoms with Crippen LogP contribution in [-0.2, 0) is 17.8 Å². The van der Waals surface area contributed by atoms with E-state index < -0.39 is 0 Å². The Morgan fingerprint density at radius 2 is 2.18 bits per heavy atom. The van der Waals surface area contributed by atoms with Crippen molar-refractivity contribution < 1.29 is 4.74 Å². The SMILES string of the molecule is CCCCOCCn1ncc(CNCC)c1C. The molecule has 1 N–H and O–H groups in total. The van der Waals surface area contributed by atoms with E-state index in [4.69, 9.17) is 4.74 Å². The van der Waals surface area contributed by atoms with E-state index in [2.05, 4.69) is 31.2 Å². The number of unbranched alkanes of at least 4 members (excludes halogenated alkanes) is 1. The molecule has 0 saturated heterocycles. The van der Waals surface area contributed by atoms with Crippen LogP contribution < -0.4 is 5.32 Å². The molecule has 0 radical (unpaired) electrons. The molecule has 0 bridgehead atoms. The number of nitrogens with one attached hydrogen (secondary N) is 1. The maximum absolute atomic E-state index is 5.55. The second-order valence-corrected chi connectivity index (χ2v) is 4.22. The molecular weight excluding hydrogens is 214 g/mol. The van der Waals surface area contributed by atoms with E-state index in [-0.39, 0.29) is 0 Å². The van der Waals surface area contributed by atoms with Gasteiger partial charge in [0, 0.05) is 24.4 Å². The summed E-state index contributed by atoms with van der Waals surface area (Å²) in [5, 5.41) is 7.70. The fraction of sp³-hybridized carbons (Fsp3) is 0.769. The Balaban J connectivity index is 2.30. The van der Waals surface area contributed by atoms with Gasteiger partial charge in [-0.1, -0.05) is 20.3 Å². The highest BCUT2D eigenvalue weighted by Crippen LogP contribution is 2.06. The van der Waals surface area contributed by atoms with Crippen LogP contribution in [0.1, 0.15) is 37.9 Å². The van der Waals surface area contributed by atoms with E-state index in [0.29, 0.717) is 0 Å². The van der Waals surface area contributed by atoms with Crippen LogP contribution in [0.25, 0.3) is 0 Å². The lowest BCUT2D eigenvalue weighted by Crippen LogP contribution is -2.13. The number of nitrogens with zero attached hydrogens (tertiary/aromatic N) is 2. The molecular formula is C13H25N3O. The molecule has 17 heavy (non-hydrogen) atoms. The third-order valence-corrected chi connectivity index (χ3v) is 2.86. The van der Waals surface area contributed by atoms with E-state index in [1.165, 1.54) is 17.7 Å². The standard InChI is InChI=1S/C13H25N3O/c1-4-6-8-17-9-7-16-12(3)13(11-15-16)10-14-5-2/h11,14H,4-10H2,1-3H3. The molecule has 0 fully saturated rings. The van der Waals surface area contributed by atoms with E-state index in [9.17, 15) is 0 Å². The first-order valence-electron chi connectivity index (χ1n) is 6.59. The average molecular weight is 239 g/mol. The monoisotopic (exact) mass is 239 g/mol. The molecule has 0 aliphatic heterocycles. The molecule has 4 nitrogen and oxygen atoms in total. The lowest BCUT2D eigenvalue weighted by molar-refractivity contribution is 0.120. The largest absolute Gasteiger partial charge is 0.380 e. The summed E-state index contributed by atoms with van der Waals surface area (Å²) >= 11 is 0. The van der Waals surface area contributed by atoms with Gasteiger partial charge in [-0.25, -0.2) is 0 Å². The summed E-state index contributed by atoms with van der Waals surface area (Å²) in [5.41, 5.74) is 2.52. The molecule has 4 heteroatoms. The first-order chi connectivity index (χ1) is 8.29. The van der Waals surface area contributed by atoms with Crippen molar-refractivity contribution in [3.05, 3.63) is 17.5 Å². The summed E-state index contributed by atoms with van der Waals surface area (Å²) in [7, 11) is 0. The Morgan fingerprint density at radius 1 is 1.35 bits per heavy atom. The molecule has 1 heterocycles. The smallest absolute Gasteiger partial charge is 0.0662 e. The van der Waals surface area contributed by atoms with Gasteiger partial charge >= 0.3 is 0 Å². The van der Waals surface area contributed by atoms with Crippen LogP contribution >= 0.6 is 0 Å². The summed E-state index contributed by atoms with van der Waals surface area (Å²) in [6.45, 7) is 10.8. The molecule has 0 saturated carbocycles. The maximum Gasteiger partial charge on any atom is 0.0662 e. The number of hydrogen-bond donors (Lipinski definition) is 1. The van der Waals surface area contributed by atoms with Crippen LogP contribution in [-0.4, -0.2) is 29.5 Å². The normalized spacial score (nSPS) is 11.0.